The third-order valence-corrected chi connectivity index (χ3v) is 2.55. The van der Waals surface area contributed by atoms with E-state index in [9.17, 15) is 4.79 Å². The van der Waals surface area contributed by atoms with E-state index in [0.717, 1.165) is 13.2 Å². The summed E-state index contributed by atoms with van der Waals surface area (Å²) >= 11 is 0. The van der Waals surface area contributed by atoms with Gasteiger partial charge in [0.2, 0.25) is 0 Å². The van der Waals surface area contributed by atoms with Gasteiger partial charge in [0, 0.05) is 12.6 Å². The van der Waals surface area contributed by atoms with Crippen LogP contribution in [0.4, 0.5) is 0 Å². The molecule has 1 rings (SSSR count). The van der Waals surface area contributed by atoms with Crippen molar-refractivity contribution in [3.8, 4) is 0 Å². The van der Waals surface area contributed by atoms with E-state index in [0.29, 0.717) is 12.6 Å². The summed E-state index contributed by atoms with van der Waals surface area (Å²) in [6.45, 7) is 6.35. The average Bonchev–Trinajstić information content (AvgIpc) is 2.04. The van der Waals surface area contributed by atoms with Crippen molar-refractivity contribution < 1.29 is 9.53 Å². The molecule has 0 N–H and O–H groups in total. The summed E-state index contributed by atoms with van der Waals surface area (Å²) in [5.41, 5.74) is 0.128. The molecule has 1 aliphatic heterocycles. The molecule has 0 aliphatic carbocycles. The molecule has 0 spiro atoms. The molecule has 3 nitrogen and oxygen atoms in total. The maximum Gasteiger partial charge on any atom is 0.167 e. The Labute approximate surface area is 75.7 Å². The summed E-state index contributed by atoms with van der Waals surface area (Å²) in [6, 6.07) is 0.368. The van der Waals surface area contributed by atoms with Gasteiger partial charge in [-0.1, -0.05) is 9.24 Å². The summed E-state index contributed by atoms with van der Waals surface area (Å²) in [5, 5.41) is 0. The van der Waals surface area contributed by atoms with Gasteiger partial charge < -0.3 is 4.74 Å². The van der Waals surface area contributed by atoms with Crippen LogP contribution < -0.4 is 0 Å². The lowest BCUT2D eigenvalue weighted by atomic mass is 10.2. The number of hydrogen-bond acceptors (Lipinski definition) is 3. The van der Waals surface area contributed by atoms with Crippen molar-refractivity contribution in [2.45, 2.75) is 25.9 Å². The van der Waals surface area contributed by atoms with Crippen LogP contribution in [0.25, 0.3) is 0 Å². The predicted molar refractivity (Wildman–Crippen MR) is 51.2 cm³/mol. The van der Waals surface area contributed by atoms with E-state index < -0.39 is 0 Å². The molecule has 0 aromatic rings. The zero-order valence-corrected chi connectivity index (χ0v) is 8.77. The van der Waals surface area contributed by atoms with Crippen LogP contribution in [0.15, 0.2) is 0 Å². The summed E-state index contributed by atoms with van der Waals surface area (Å²) in [6.07, 6.45) is 0. The zero-order valence-electron chi connectivity index (χ0n) is 7.62. The van der Waals surface area contributed by atoms with Gasteiger partial charge in [-0.25, -0.2) is 0 Å². The van der Waals surface area contributed by atoms with E-state index in [1.54, 1.807) is 0 Å². The fourth-order valence-corrected chi connectivity index (χ4v) is 1.77. The summed E-state index contributed by atoms with van der Waals surface area (Å²) in [5.74, 6) is 0. The maximum atomic E-state index is 11.2. The number of carbonyl (C=O) groups excluding carboxylic acids is 1. The van der Waals surface area contributed by atoms with Crippen molar-refractivity contribution in [1.29, 1.82) is 0 Å². The molecule has 4 heteroatoms. The maximum absolute atomic E-state index is 11.2. The minimum Gasteiger partial charge on any atom is -0.378 e. The van der Waals surface area contributed by atoms with Gasteiger partial charge in [-0.3, -0.25) is 9.69 Å². The van der Waals surface area contributed by atoms with Gasteiger partial charge in [0.1, 0.15) is 0 Å². The largest absolute Gasteiger partial charge is 0.378 e. The van der Waals surface area contributed by atoms with Crippen LogP contribution in [0, 0.1) is 0 Å². The zero-order chi connectivity index (χ0) is 9.14. The van der Waals surface area contributed by atoms with E-state index in [2.05, 4.69) is 28.0 Å². The van der Waals surface area contributed by atoms with Crippen molar-refractivity contribution in [2.24, 2.45) is 0 Å². The SMILES string of the molecule is CC(C)N1CCOCC1C(=O)P. The molecule has 2 atom stereocenters. The fraction of sp³-hybridized carbons (Fsp3) is 0.875. The highest BCUT2D eigenvalue weighted by molar-refractivity contribution is 7.40. The number of rotatable bonds is 2. The van der Waals surface area contributed by atoms with Crippen LogP contribution in [0.5, 0.6) is 0 Å². The molecule has 1 saturated heterocycles. The highest BCUT2D eigenvalue weighted by Crippen LogP contribution is 2.13. The standard InChI is InChI=1S/C8H16NO2P/c1-6(2)9-3-4-11-5-7(9)8(10)12/h6-7H,3-5,12H2,1-2H3. The molecule has 1 aliphatic rings. The number of carbonyl (C=O) groups is 1. The highest BCUT2D eigenvalue weighted by Gasteiger charge is 2.28. The molecule has 70 valence electrons. The molecule has 1 heterocycles. The molecule has 2 unspecified atom stereocenters. The minimum absolute atomic E-state index is 0.0521. The van der Waals surface area contributed by atoms with Gasteiger partial charge in [-0.05, 0) is 13.8 Å². The van der Waals surface area contributed by atoms with Crippen molar-refractivity contribution in [1.82, 2.24) is 4.90 Å². The van der Waals surface area contributed by atoms with Gasteiger partial charge in [0.15, 0.2) is 5.52 Å². The van der Waals surface area contributed by atoms with Gasteiger partial charge in [0.05, 0.1) is 19.3 Å². The van der Waals surface area contributed by atoms with Crippen molar-refractivity contribution in [3.63, 3.8) is 0 Å². The summed E-state index contributed by atoms with van der Waals surface area (Å²) < 4.78 is 5.25. The van der Waals surface area contributed by atoms with Crippen LogP contribution in [0.2, 0.25) is 0 Å². The van der Waals surface area contributed by atoms with E-state index in [1.807, 2.05) is 0 Å². The number of ether oxygens (including phenoxy) is 1. The monoisotopic (exact) mass is 189 g/mol. The first kappa shape index (κ1) is 10.1. The van der Waals surface area contributed by atoms with Gasteiger partial charge >= 0.3 is 0 Å². The lowest BCUT2D eigenvalue weighted by Crippen LogP contribution is -2.51. The van der Waals surface area contributed by atoms with E-state index in [4.69, 9.17) is 4.74 Å². The van der Waals surface area contributed by atoms with Crippen LogP contribution in [0.3, 0.4) is 0 Å². The summed E-state index contributed by atoms with van der Waals surface area (Å²) in [4.78, 5) is 13.3. The molecular formula is C8H16NO2P. The van der Waals surface area contributed by atoms with Gasteiger partial charge in [-0.15, -0.1) is 0 Å². The Bertz CT molecular complexity index is 172. The first-order valence-corrected chi connectivity index (χ1v) is 4.83. The Balaban J connectivity index is 2.60. The Hall–Kier alpha value is 0.0200. The second kappa shape index (κ2) is 4.31. The van der Waals surface area contributed by atoms with Crippen LogP contribution in [-0.2, 0) is 9.53 Å². The lowest BCUT2D eigenvalue weighted by Gasteiger charge is -2.36. The van der Waals surface area contributed by atoms with Gasteiger partial charge in [-0.2, -0.15) is 0 Å². The Kier molecular flexibility index (Phi) is 3.63. The average molecular weight is 189 g/mol. The first-order chi connectivity index (χ1) is 5.63. The molecule has 0 aromatic heterocycles. The molecule has 0 bridgehead atoms. The minimum atomic E-state index is -0.0521. The second-order valence-corrected chi connectivity index (χ2v) is 3.89. The van der Waals surface area contributed by atoms with Crippen molar-refractivity contribution >= 4 is 14.8 Å². The van der Waals surface area contributed by atoms with E-state index >= 15 is 0 Å². The predicted octanol–water partition coefficient (Wildman–Crippen LogP) is 0.497. The fourth-order valence-electron chi connectivity index (χ4n) is 1.48. The smallest absolute Gasteiger partial charge is 0.167 e. The Morgan fingerprint density at radius 2 is 2.33 bits per heavy atom. The molecule has 1 fully saturated rings. The van der Waals surface area contributed by atoms with Gasteiger partial charge in [0.25, 0.3) is 0 Å². The summed E-state index contributed by atoms with van der Waals surface area (Å²) in [7, 11) is 2.23. The molecule has 0 amide bonds. The molecule has 12 heavy (non-hydrogen) atoms. The molecule has 0 saturated carbocycles. The number of hydrogen-bond donors (Lipinski definition) is 0. The Morgan fingerprint density at radius 1 is 1.67 bits per heavy atom. The molecule has 0 aromatic carbocycles. The third kappa shape index (κ3) is 2.25. The number of nitrogens with zero attached hydrogens (tertiary/aromatic N) is 1. The Morgan fingerprint density at radius 3 is 2.75 bits per heavy atom. The van der Waals surface area contributed by atoms with Crippen LogP contribution in [0.1, 0.15) is 13.8 Å². The van der Waals surface area contributed by atoms with Crippen molar-refractivity contribution in [2.75, 3.05) is 19.8 Å². The second-order valence-electron chi connectivity index (χ2n) is 3.32. The quantitative estimate of drug-likeness (QED) is 0.592. The van der Waals surface area contributed by atoms with Crippen LogP contribution >= 0.6 is 9.24 Å². The highest BCUT2D eigenvalue weighted by atomic mass is 31.0. The number of morpholine rings is 1. The topological polar surface area (TPSA) is 29.5 Å². The first-order valence-electron chi connectivity index (χ1n) is 4.25. The van der Waals surface area contributed by atoms with Crippen molar-refractivity contribution in [3.05, 3.63) is 0 Å². The lowest BCUT2D eigenvalue weighted by molar-refractivity contribution is -0.123. The van der Waals surface area contributed by atoms with E-state index in [-0.39, 0.29) is 11.6 Å². The molecular weight excluding hydrogens is 173 g/mol. The molecule has 0 radical (unpaired) electrons. The normalized spacial score (nSPS) is 26.2. The third-order valence-electron chi connectivity index (χ3n) is 2.16. The van der Waals surface area contributed by atoms with Crippen LogP contribution in [-0.4, -0.2) is 42.3 Å². The van der Waals surface area contributed by atoms with E-state index in [1.165, 1.54) is 0 Å².